The molecule has 7 nitrogen and oxygen atoms in total. The Bertz CT molecular complexity index is 1180. The average molecular weight is 426 g/mol. The summed E-state index contributed by atoms with van der Waals surface area (Å²) in [5.41, 5.74) is 2.04. The van der Waals surface area contributed by atoms with Gasteiger partial charge in [0.25, 0.3) is 5.56 Å². The highest BCUT2D eigenvalue weighted by atomic mass is 32.1. The summed E-state index contributed by atoms with van der Waals surface area (Å²) in [6.45, 7) is 2.89. The molecule has 8 heteroatoms. The highest BCUT2D eigenvalue weighted by molar-refractivity contribution is 7.18. The Labute approximate surface area is 177 Å². The van der Waals surface area contributed by atoms with Gasteiger partial charge in [0.15, 0.2) is 11.5 Å². The van der Waals surface area contributed by atoms with Crippen LogP contribution in [0.15, 0.2) is 23.0 Å². The van der Waals surface area contributed by atoms with Gasteiger partial charge in [-0.2, -0.15) is 0 Å². The van der Waals surface area contributed by atoms with Gasteiger partial charge in [-0.05, 0) is 48.4 Å². The molecule has 0 fully saturated rings. The summed E-state index contributed by atoms with van der Waals surface area (Å²) in [5.74, 6) is 2.55. The molecule has 2 N–H and O–H groups in total. The summed E-state index contributed by atoms with van der Waals surface area (Å²) >= 11 is 1.63. The molecule has 30 heavy (non-hydrogen) atoms. The SMILES string of the molecule is C[C@@H]1CCc2c(sc3nc(CCC(=O)NCc4ccc5c(c4)OCO5)[nH]c(=O)c23)C1. The molecule has 0 saturated carbocycles. The van der Waals surface area contributed by atoms with E-state index in [2.05, 4.69) is 22.2 Å². The maximum atomic E-state index is 12.7. The first-order valence-electron chi connectivity index (χ1n) is 10.3. The minimum Gasteiger partial charge on any atom is -0.454 e. The third-order valence-corrected chi connectivity index (χ3v) is 6.88. The molecule has 0 spiro atoms. The molecule has 1 amide bonds. The lowest BCUT2D eigenvalue weighted by molar-refractivity contribution is -0.121. The number of carbonyl (C=O) groups is 1. The van der Waals surface area contributed by atoms with Crippen LogP contribution in [0.1, 0.15) is 41.6 Å². The molecular weight excluding hydrogens is 402 g/mol. The highest BCUT2D eigenvalue weighted by Crippen LogP contribution is 2.35. The molecule has 1 aromatic carbocycles. The minimum absolute atomic E-state index is 0.0807. The van der Waals surface area contributed by atoms with Crippen LogP contribution in [0.3, 0.4) is 0 Å². The third kappa shape index (κ3) is 3.67. The number of carbonyl (C=O) groups excluding carboxylic acids is 1. The van der Waals surface area contributed by atoms with Crippen molar-refractivity contribution in [2.24, 2.45) is 5.92 Å². The number of thiophene rings is 1. The first-order chi connectivity index (χ1) is 14.6. The fourth-order valence-electron chi connectivity index (χ4n) is 4.08. The molecule has 2 aromatic heterocycles. The third-order valence-electron chi connectivity index (χ3n) is 5.73. The molecule has 0 saturated heterocycles. The zero-order chi connectivity index (χ0) is 20.7. The van der Waals surface area contributed by atoms with E-state index in [4.69, 9.17) is 9.47 Å². The molecule has 2 aliphatic rings. The van der Waals surface area contributed by atoms with E-state index in [1.54, 1.807) is 11.3 Å². The van der Waals surface area contributed by atoms with Gasteiger partial charge < -0.3 is 19.8 Å². The number of hydrogen-bond donors (Lipinski definition) is 2. The highest BCUT2D eigenvalue weighted by Gasteiger charge is 2.23. The maximum Gasteiger partial charge on any atom is 0.259 e. The fourth-order valence-corrected chi connectivity index (χ4v) is 5.49. The number of hydrogen-bond acceptors (Lipinski definition) is 6. The van der Waals surface area contributed by atoms with Crippen molar-refractivity contribution in [2.45, 2.75) is 45.6 Å². The number of fused-ring (bicyclic) bond motifs is 4. The van der Waals surface area contributed by atoms with Crippen LogP contribution in [0, 0.1) is 5.92 Å². The van der Waals surface area contributed by atoms with Gasteiger partial charge >= 0.3 is 0 Å². The van der Waals surface area contributed by atoms with Gasteiger partial charge in [-0.15, -0.1) is 11.3 Å². The van der Waals surface area contributed by atoms with Crippen LogP contribution >= 0.6 is 11.3 Å². The number of aromatic amines is 1. The molecule has 3 aromatic rings. The summed E-state index contributed by atoms with van der Waals surface area (Å²) in [6, 6.07) is 5.62. The Morgan fingerprint density at radius 1 is 1.33 bits per heavy atom. The first-order valence-corrected chi connectivity index (χ1v) is 11.1. The van der Waals surface area contributed by atoms with Crippen LogP contribution < -0.4 is 20.3 Å². The summed E-state index contributed by atoms with van der Waals surface area (Å²) in [6.07, 6.45) is 3.75. The van der Waals surface area contributed by atoms with Crippen molar-refractivity contribution in [3.63, 3.8) is 0 Å². The van der Waals surface area contributed by atoms with E-state index >= 15 is 0 Å². The van der Waals surface area contributed by atoms with Gasteiger partial charge in [0.05, 0.1) is 5.39 Å². The lowest BCUT2D eigenvalue weighted by atomic mass is 9.89. The normalized spacial score (nSPS) is 17.2. The van der Waals surface area contributed by atoms with Crippen LogP contribution in [0.5, 0.6) is 11.5 Å². The number of H-pyrrole nitrogens is 1. The van der Waals surface area contributed by atoms with Crippen molar-refractivity contribution in [2.75, 3.05) is 6.79 Å². The predicted molar refractivity (Wildman–Crippen MR) is 114 cm³/mol. The topological polar surface area (TPSA) is 93.3 Å². The van der Waals surface area contributed by atoms with Crippen LogP contribution in [-0.2, 0) is 30.6 Å². The lowest BCUT2D eigenvalue weighted by Gasteiger charge is -2.17. The van der Waals surface area contributed by atoms with Gasteiger partial charge in [-0.3, -0.25) is 9.59 Å². The second kappa shape index (κ2) is 7.75. The van der Waals surface area contributed by atoms with E-state index < -0.39 is 0 Å². The van der Waals surface area contributed by atoms with E-state index in [0.29, 0.717) is 30.5 Å². The number of aryl methyl sites for hydroxylation is 2. The van der Waals surface area contributed by atoms with E-state index in [-0.39, 0.29) is 24.7 Å². The van der Waals surface area contributed by atoms with Gasteiger partial charge in [-0.25, -0.2) is 4.98 Å². The van der Waals surface area contributed by atoms with E-state index in [0.717, 1.165) is 40.8 Å². The van der Waals surface area contributed by atoms with Crippen LogP contribution in [0.2, 0.25) is 0 Å². The van der Waals surface area contributed by atoms with Gasteiger partial charge in [0.2, 0.25) is 12.7 Å². The van der Waals surface area contributed by atoms with Crippen molar-refractivity contribution >= 4 is 27.5 Å². The summed E-state index contributed by atoms with van der Waals surface area (Å²) < 4.78 is 10.7. The minimum atomic E-state index is -0.0882. The standard InChI is InChI=1S/C22H23N3O4S/c1-12-2-4-14-17(8-12)30-22-20(14)21(27)24-18(25-22)6-7-19(26)23-10-13-3-5-15-16(9-13)29-11-28-15/h3,5,9,12H,2,4,6-8,10-11H2,1H3,(H,23,26)(H,24,25,27)/t12-/m1/s1. The number of aromatic nitrogens is 2. The van der Waals surface area contributed by atoms with E-state index in [9.17, 15) is 9.59 Å². The first kappa shape index (κ1) is 19.1. The Kier molecular flexibility index (Phi) is 4.94. The summed E-state index contributed by atoms with van der Waals surface area (Å²) in [7, 11) is 0. The Morgan fingerprint density at radius 3 is 3.10 bits per heavy atom. The van der Waals surface area contributed by atoms with Crippen LogP contribution in [0.4, 0.5) is 0 Å². The van der Waals surface area contributed by atoms with Crippen molar-refractivity contribution in [1.29, 1.82) is 0 Å². The van der Waals surface area contributed by atoms with E-state index in [1.807, 2.05) is 18.2 Å². The Balaban J connectivity index is 1.22. The molecule has 1 aliphatic heterocycles. The lowest BCUT2D eigenvalue weighted by Crippen LogP contribution is -2.23. The monoisotopic (exact) mass is 425 g/mol. The number of nitrogens with zero attached hydrogens (tertiary/aromatic N) is 1. The van der Waals surface area contributed by atoms with Gasteiger partial charge in [0.1, 0.15) is 10.7 Å². The number of rotatable bonds is 5. The zero-order valence-corrected chi connectivity index (χ0v) is 17.6. The summed E-state index contributed by atoms with van der Waals surface area (Å²) in [4.78, 5) is 34.6. The molecule has 0 bridgehead atoms. The number of benzene rings is 1. The average Bonchev–Trinajstić information content (AvgIpc) is 3.33. The van der Waals surface area contributed by atoms with Gasteiger partial charge in [0, 0.05) is 24.3 Å². The second-order valence-corrected chi connectivity index (χ2v) is 9.09. The second-order valence-electron chi connectivity index (χ2n) is 8.01. The van der Waals surface area contributed by atoms with Crippen molar-refractivity contribution in [3.8, 4) is 11.5 Å². The van der Waals surface area contributed by atoms with Gasteiger partial charge in [-0.1, -0.05) is 13.0 Å². The van der Waals surface area contributed by atoms with Crippen molar-refractivity contribution in [1.82, 2.24) is 15.3 Å². The summed E-state index contributed by atoms with van der Waals surface area (Å²) in [5, 5.41) is 3.65. The van der Waals surface area contributed by atoms with Crippen molar-refractivity contribution in [3.05, 3.63) is 50.4 Å². The van der Waals surface area contributed by atoms with Crippen LogP contribution in [0.25, 0.3) is 10.2 Å². The number of amides is 1. The molecule has 1 atom stereocenters. The molecule has 5 rings (SSSR count). The smallest absolute Gasteiger partial charge is 0.259 e. The number of ether oxygens (including phenoxy) is 2. The molecular formula is C22H23N3O4S. The van der Waals surface area contributed by atoms with E-state index in [1.165, 1.54) is 10.4 Å². The Hall–Kier alpha value is -2.87. The number of nitrogens with one attached hydrogen (secondary N) is 2. The molecule has 3 heterocycles. The quantitative estimate of drug-likeness (QED) is 0.655. The fraction of sp³-hybridized carbons (Fsp3) is 0.409. The molecule has 0 radical (unpaired) electrons. The maximum absolute atomic E-state index is 12.7. The zero-order valence-electron chi connectivity index (χ0n) is 16.7. The Morgan fingerprint density at radius 2 is 2.20 bits per heavy atom. The molecule has 156 valence electrons. The van der Waals surface area contributed by atoms with Crippen LogP contribution in [-0.4, -0.2) is 22.7 Å². The van der Waals surface area contributed by atoms with Crippen molar-refractivity contribution < 1.29 is 14.3 Å². The molecule has 0 unspecified atom stereocenters. The largest absolute Gasteiger partial charge is 0.454 e. The predicted octanol–water partition coefficient (Wildman–Crippen LogP) is 3.09. The molecule has 1 aliphatic carbocycles.